The molecule has 9 heteroatoms. The number of ether oxygens (including phenoxy) is 1. The fraction of sp³-hybridized carbons (Fsp3) is 0.0345. The van der Waals surface area contributed by atoms with E-state index in [0.717, 1.165) is 33.9 Å². The molecule has 1 aliphatic heterocycles. The molecule has 0 aliphatic carbocycles. The Morgan fingerprint density at radius 2 is 1.84 bits per heavy atom. The number of para-hydroxylation sites is 1. The van der Waals surface area contributed by atoms with Crippen LogP contribution in [0.15, 0.2) is 113 Å². The minimum atomic E-state index is -0.177. The largest absolute Gasteiger partial charge is 0.482 e. The van der Waals surface area contributed by atoms with Gasteiger partial charge in [0.25, 0.3) is 5.91 Å². The molecule has 1 aliphatic rings. The standard InChI is InChI=1S/C29H22N6O2S/c36-28-18-37-27-13-10-21(15-25(27)34-28)26-19-38-29(33-24-7-4-14-30-17-24)35(26)31-16-20-8-11-23(12-9-20)32-22-5-2-1-3-6-22/h1-17,19,32H,18H2,(H,34,36). The Kier molecular flexibility index (Phi) is 6.48. The Morgan fingerprint density at radius 3 is 2.66 bits per heavy atom. The lowest BCUT2D eigenvalue weighted by Crippen LogP contribution is -2.25. The van der Waals surface area contributed by atoms with Crippen molar-refractivity contribution in [2.24, 2.45) is 10.1 Å². The molecule has 0 atom stereocenters. The highest BCUT2D eigenvalue weighted by atomic mass is 32.1. The molecule has 1 amide bonds. The summed E-state index contributed by atoms with van der Waals surface area (Å²) in [7, 11) is 0. The van der Waals surface area contributed by atoms with E-state index in [4.69, 9.17) is 14.8 Å². The van der Waals surface area contributed by atoms with Gasteiger partial charge in [0.05, 0.1) is 29.5 Å². The van der Waals surface area contributed by atoms with E-state index in [-0.39, 0.29) is 12.5 Å². The van der Waals surface area contributed by atoms with Crippen molar-refractivity contribution in [2.75, 3.05) is 17.2 Å². The van der Waals surface area contributed by atoms with Crippen molar-refractivity contribution >= 4 is 46.2 Å². The summed E-state index contributed by atoms with van der Waals surface area (Å²) < 4.78 is 7.31. The second-order valence-corrected chi connectivity index (χ2v) is 9.28. The summed E-state index contributed by atoms with van der Waals surface area (Å²) in [4.78, 5) is 21.5. The zero-order valence-corrected chi connectivity index (χ0v) is 20.9. The molecule has 3 aromatic carbocycles. The third kappa shape index (κ3) is 5.23. The van der Waals surface area contributed by atoms with E-state index in [1.807, 2.05) is 90.3 Å². The summed E-state index contributed by atoms with van der Waals surface area (Å²) >= 11 is 1.47. The number of thiazole rings is 1. The molecular formula is C29H22N6O2S. The predicted molar refractivity (Wildman–Crippen MR) is 150 cm³/mol. The Morgan fingerprint density at radius 1 is 1.00 bits per heavy atom. The Balaban J connectivity index is 1.35. The summed E-state index contributed by atoms with van der Waals surface area (Å²) in [6, 6.07) is 27.5. The number of amides is 1. The highest BCUT2D eigenvalue weighted by Gasteiger charge is 2.18. The van der Waals surface area contributed by atoms with E-state index in [2.05, 4.69) is 15.6 Å². The average molecular weight is 519 g/mol. The Bertz CT molecular complexity index is 1680. The van der Waals surface area contributed by atoms with E-state index in [0.29, 0.717) is 16.2 Å². The highest BCUT2D eigenvalue weighted by Crippen LogP contribution is 2.33. The van der Waals surface area contributed by atoms with E-state index >= 15 is 0 Å². The topological polar surface area (TPSA) is 92.9 Å². The fourth-order valence-electron chi connectivity index (χ4n) is 3.92. The van der Waals surface area contributed by atoms with Crippen molar-refractivity contribution in [3.63, 3.8) is 0 Å². The number of hydrogen-bond acceptors (Lipinski definition) is 7. The minimum absolute atomic E-state index is 0.0168. The second kappa shape index (κ2) is 10.5. The molecule has 0 fully saturated rings. The molecule has 5 aromatic rings. The summed E-state index contributed by atoms with van der Waals surface area (Å²) in [6.07, 6.45) is 5.22. The second-order valence-electron chi connectivity index (χ2n) is 8.44. The van der Waals surface area contributed by atoms with Crippen LogP contribution in [0, 0.1) is 0 Å². The van der Waals surface area contributed by atoms with Crippen molar-refractivity contribution in [1.29, 1.82) is 0 Å². The normalized spacial score (nSPS) is 13.2. The van der Waals surface area contributed by atoms with Crippen molar-refractivity contribution < 1.29 is 9.53 Å². The number of benzene rings is 3. The van der Waals surface area contributed by atoms with Crippen LogP contribution in [0.3, 0.4) is 0 Å². The Hall–Kier alpha value is -5.02. The molecule has 0 unspecified atom stereocenters. The number of anilines is 3. The van der Waals surface area contributed by atoms with Gasteiger partial charge in [0.2, 0.25) is 4.80 Å². The average Bonchev–Trinajstić information content (AvgIpc) is 3.35. The number of carbonyl (C=O) groups excluding carboxylic acids is 1. The Labute approximate surface area is 222 Å². The van der Waals surface area contributed by atoms with Crippen LogP contribution in [0.4, 0.5) is 22.7 Å². The summed E-state index contributed by atoms with van der Waals surface area (Å²) in [5.41, 5.74) is 6.02. The molecule has 186 valence electrons. The first-order chi connectivity index (χ1) is 18.7. The maximum Gasteiger partial charge on any atom is 0.262 e. The van der Waals surface area contributed by atoms with E-state index in [9.17, 15) is 4.79 Å². The molecule has 2 aromatic heterocycles. The number of hydrogen-bond donors (Lipinski definition) is 2. The quantitative estimate of drug-likeness (QED) is 0.278. The smallest absolute Gasteiger partial charge is 0.262 e. The van der Waals surface area contributed by atoms with Gasteiger partial charge < -0.3 is 15.4 Å². The van der Waals surface area contributed by atoms with Crippen LogP contribution >= 0.6 is 11.3 Å². The molecule has 0 spiro atoms. The number of nitrogens with one attached hydrogen (secondary N) is 2. The third-order valence-electron chi connectivity index (χ3n) is 5.76. The minimum Gasteiger partial charge on any atom is -0.482 e. The van der Waals surface area contributed by atoms with Gasteiger partial charge in [-0.2, -0.15) is 5.10 Å². The molecular weight excluding hydrogens is 496 g/mol. The molecule has 0 saturated heterocycles. The van der Waals surface area contributed by atoms with Crippen LogP contribution in [0.25, 0.3) is 11.3 Å². The maximum atomic E-state index is 11.8. The van der Waals surface area contributed by atoms with Gasteiger partial charge in [-0.05, 0) is 60.2 Å². The van der Waals surface area contributed by atoms with Gasteiger partial charge in [-0.1, -0.05) is 30.3 Å². The monoisotopic (exact) mass is 518 g/mol. The molecule has 6 rings (SSSR count). The lowest BCUT2D eigenvalue weighted by atomic mass is 10.1. The lowest BCUT2D eigenvalue weighted by molar-refractivity contribution is -0.118. The van der Waals surface area contributed by atoms with Crippen LogP contribution in [0.1, 0.15) is 5.56 Å². The number of rotatable bonds is 6. The zero-order valence-electron chi connectivity index (χ0n) is 20.1. The van der Waals surface area contributed by atoms with Crippen molar-refractivity contribution in [2.45, 2.75) is 0 Å². The number of aromatic nitrogens is 2. The van der Waals surface area contributed by atoms with E-state index < -0.39 is 0 Å². The van der Waals surface area contributed by atoms with E-state index in [1.54, 1.807) is 23.3 Å². The van der Waals surface area contributed by atoms with Crippen LogP contribution < -0.4 is 20.2 Å². The first-order valence-electron chi connectivity index (χ1n) is 11.9. The predicted octanol–water partition coefficient (Wildman–Crippen LogP) is 5.80. The third-order valence-corrected chi connectivity index (χ3v) is 6.58. The fourth-order valence-corrected chi connectivity index (χ4v) is 4.78. The van der Waals surface area contributed by atoms with Crippen LogP contribution in [-0.4, -0.2) is 28.4 Å². The van der Waals surface area contributed by atoms with Crippen molar-refractivity contribution in [1.82, 2.24) is 9.66 Å². The number of pyridine rings is 1. The first-order valence-corrected chi connectivity index (χ1v) is 12.8. The van der Waals surface area contributed by atoms with Crippen LogP contribution in [0.5, 0.6) is 5.75 Å². The summed E-state index contributed by atoms with van der Waals surface area (Å²) in [5, 5.41) is 13.0. The van der Waals surface area contributed by atoms with Gasteiger partial charge in [0.15, 0.2) is 6.61 Å². The molecule has 38 heavy (non-hydrogen) atoms. The molecule has 2 N–H and O–H groups in total. The zero-order chi connectivity index (χ0) is 25.7. The maximum absolute atomic E-state index is 11.8. The number of nitrogens with zero attached hydrogens (tertiary/aromatic N) is 4. The molecule has 8 nitrogen and oxygen atoms in total. The van der Waals surface area contributed by atoms with Crippen LogP contribution in [-0.2, 0) is 4.79 Å². The SMILES string of the molecule is O=C1COc2ccc(-c3csc(=Nc4cccnc4)n3N=Cc3ccc(Nc4ccccc4)cc3)cc2N1. The van der Waals surface area contributed by atoms with Gasteiger partial charge in [-0.25, -0.2) is 9.67 Å². The van der Waals surface area contributed by atoms with Gasteiger partial charge in [-0.3, -0.25) is 9.78 Å². The van der Waals surface area contributed by atoms with E-state index in [1.165, 1.54) is 11.3 Å². The molecule has 0 saturated carbocycles. The highest BCUT2D eigenvalue weighted by molar-refractivity contribution is 7.07. The van der Waals surface area contributed by atoms with Crippen LogP contribution in [0.2, 0.25) is 0 Å². The molecule has 0 bridgehead atoms. The van der Waals surface area contributed by atoms with Crippen molar-refractivity contribution in [3.8, 4) is 17.0 Å². The summed E-state index contributed by atoms with van der Waals surface area (Å²) in [6.45, 7) is 0.0168. The van der Waals surface area contributed by atoms with Gasteiger partial charge in [0, 0.05) is 28.5 Å². The van der Waals surface area contributed by atoms with Crippen molar-refractivity contribution in [3.05, 3.63) is 113 Å². The lowest BCUT2D eigenvalue weighted by Gasteiger charge is -2.18. The van der Waals surface area contributed by atoms with Gasteiger partial charge in [-0.15, -0.1) is 11.3 Å². The molecule has 3 heterocycles. The number of carbonyl (C=O) groups is 1. The first kappa shape index (κ1) is 23.4. The van der Waals surface area contributed by atoms with Gasteiger partial charge in [0.1, 0.15) is 5.75 Å². The molecule has 0 radical (unpaired) electrons. The number of fused-ring (bicyclic) bond motifs is 1. The summed E-state index contributed by atoms with van der Waals surface area (Å²) in [5.74, 6) is 0.464. The van der Waals surface area contributed by atoms with Gasteiger partial charge >= 0.3 is 0 Å².